The number of hydrogen-bond donors (Lipinski definition) is 3. The van der Waals surface area contributed by atoms with Crippen LogP contribution in [0.3, 0.4) is 0 Å². The lowest BCUT2D eigenvalue weighted by atomic mass is 10.2. The fourth-order valence-electron chi connectivity index (χ4n) is 3.20. The van der Waals surface area contributed by atoms with Gasteiger partial charge in [-0.15, -0.1) is 0 Å². The summed E-state index contributed by atoms with van der Waals surface area (Å²) in [5.74, 6) is 0.440. The van der Waals surface area contributed by atoms with Gasteiger partial charge in [0.1, 0.15) is 5.75 Å². The number of amides is 2. The quantitative estimate of drug-likeness (QED) is 0.619. The molecule has 10 nitrogen and oxygen atoms in total. The van der Waals surface area contributed by atoms with Crippen molar-refractivity contribution in [1.29, 1.82) is 0 Å². The minimum Gasteiger partial charge on any atom is -0.490 e. The molecule has 4 rings (SSSR count). The molecule has 0 unspecified atom stereocenters. The number of rotatable bonds is 5. The molecule has 2 aromatic carbocycles. The summed E-state index contributed by atoms with van der Waals surface area (Å²) in [5.41, 5.74) is 0.806. The van der Waals surface area contributed by atoms with E-state index in [-0.39, 0.29) is 10.8 Å². The van der Waals surface area contributed by atoms with Crippen LogP contribution in [0.4, 0.5) is 11.4 Å². The van der Waals surface area contributed by atoms with E-state index < -0.39 is 28.1 Å². The SMILES string of the molecule is C[C@H](NS(=O)(=O)c1ccc2c(c1)OCCCO2)C(=O)Nc1ccc2c(c1)NC(=O)[C@H](C)O2. The number of ether oxygens (including phenoxy) is 3. The number of sulfonamides is 1. The fourth-order valence-corrected chi connectivity index (χ4v) is 4.42. The Bertz CT molecular complexity index is 1170. The summed E-state index contributed by atoms with van der Waals surface area (Å²) in [7, 11) is -3.99. The van der Waals surface area contributed by atoms with Crippen molar-refractivity contribution in [1.82, 2.24) is 4.72 Å². The zero-order chi connectivity index (χ0) is 22.9. The highest BCUT2D eigenvalue weighted by Gasteiger charge is 2.26. The highest BCUT2D eigenvalue weighted by atomic mass is 32.2. The minimum atomic E-state index is -3.99. The largest absolute Gasteiger partial charge is 0.490 e. The Morgan fingerprint density at radius 2 is 1.81 bits per heavy atom. The summed E-state index contributed by atoms with van der Waals surface area (Å²) in [4.78, 5) is 24.3. The van der Waals surface area contributed by atoms with Crippen molar-refractivity contribution >= 4 is 33.2 Å². The Balaban J connectivity index is 1.44. The van der Waals surface area contributed by atoms with E-state index in [1.54, 1.807) is 25.1 Å². The molecule has 2 aromatic rings. The summed E-state index contributed by atoms with van der Waals surface area (Å²) in [5, 5.41) is 5.33. The topological polar surface area (TPSA) is 132 Å². The van der Waals surface area contributed by atoms with Crippen LogP contribution < -0.4 is 29.6 Å². The standard InChI is InChI=1S/C21H23N3O7S/c1-12(20(25)22-14-4-6-17-16(10-14)23-21(26)13(2)31-17)24-32(27,28)15-5-7-18-19(11-15)30-9-3-8-29-18/h4-7,10-13,24H,3,8-9H2,1-2H3,(H,22,25)(H,23,26)/t12-,13-/m0/s1. The van der Waals surface area contributed by atoms with Crippen molar-refractivity contribution in [2.45, 2.75) is 37.3 Å². The van der Waals surface area contributed by atoms with Crippen molar-refractivity contribution in [2.75, 3.05) is 23.8 Å². The number of carbonyl (C=O) groups is 2. The van der Waals surface area contributed by atoms with Gasteiger partial charge in [-0.1, -0.05) is 0 Å². The van der Waals surface area contributed by atoms with Gasteiger partial charge in [-0.05, 0) is 44.2 Å². The first kappa shape index (κ1) is 21.9. The van der Waals surface area contributed by atoms with Crippen LogP contribution in [0.25, 0.3) is 0 Å². The predicted octanol–water partition coefficient (Wildman–Crippen LogP) is 1.87. The van der Waals surface area contributed by atoms with Crippen molar-refractivity contribution in [2.24, 2.45) is 0 Å². The molecule has 170 valence electrons. The van der Waals surface area contributed by atoms with E-state index in [1.807, 2.05) is 0 Å². The van der Waals surface area contributed by atoms with Crippen LogP contribution in [0.2, 0.25) is 0 Å². The average Bonchev–Trinajstić information content (AvgIpc) is 2.99. The van der Waals surface area contributed by atoms with Gasteiger partial charge in [0.05, 0.1) is 29.8 Å². The molecule has 0 aliphatic carbocycles. The zero-order valence-electron chi connectivity index (χ0n) is 17.5. The molecule has 2 heterocycles. The van der Waals surface area contributed by atoms with E-state index >= 15 is 0 Å². The summed E-state index contributed by atoms with van der Waals surface area (Å²) in [6.07, 6.45) is 0.0892. The molecule has 3 N–H and O–H groups in total. The maximum absolute atomic E-state index is 12.8. The van der Waals surface area contributed by atoms with Gasteiger partial charge in [-0.2, -0.15) is 4.72 Å². The first-order chi connectivity index (χ1) is 15.2. The molecule has 0 bridgehead atoms. The van der Waals surface area contributed by atoms with E-state index in [1.165, 1.54) is 25.1 Å². The molecule has 0 radical (unpaired) electrons. The van der Waals surface area contributed by atoms with Gasteiger partial charge >= 0.3 is 0 Å². The zero-order valence-corrected chi connectivity index (χ0v) is 18.3. The third-order valence-electron chi connectivity index (χ3n) is 4.93. The Morgan fingerprint density at radius 3 is 2.59 bits per heavy atom. The molecular formula is C21H23N3O7S. The monoisotopic (exact) mass is 461 g/mol. The van der Waals surface area contributed by atoms with Gasteiger partial charge in [0, 0.05) is 18.2 Å². The molecule has 0 fully saturated rings. The van der Waals surface area contributed by atoms with E-state index in [0.717, 1.165) is 0 Å². The van der Waals surface area contributed by atoms with Gasteiger partial charge in [0.15, 0.2) is 17.6 Å². The molecule has 2 amide bonds. The third kappa shape index (κ3) is 4.63. The van der Waals surface area contributed by atoms with Gasteiger partial charge in [0.25, 0.3) is 5.91 Å². The second kappa shape index (κ2) is 8.67. The smallest absolute Gasteiger partial charge is 0.265 e. The molecule has 2 aliphatic heterocycles. The number of hydrogen-bond acceptors (Lipinski definition) is 7. The Kier molecular flexibility index (Phi) is 5.94. The number of benzene rings is 2. The summed E-state index contributed by atoms with van der Waals surface area (Å²) >= 11 is 0. The van der Waals surface area contributed by atoms with Gasteiger partial charge in [-0.3, -0.25) is 9.59 Å². The maximum atomic E-state index is 12.8. The van der Waals surface area contributed by atoms with Crippen LogP contribution in [0.15, 0.2) is 41.3 Å². The van der Waals surface area contributed by atoms with Gasteiger partial charge < -0.3 is 24.8 Å². The molecule has 0 saturated heterocycles. The highest BCUT2D eigenvalue weighted by Crippen LogP contribution is 2.33. The van der Waals surface area contributed by atoms with Crippen LogP contribution in [-0.2, 0) is 19.6 Å². The second-order valence-electron chi connectivity index (χ2n) is 7.45. The lowest BCUT2D eigenvalue weighted by molar-refractivity contribution is -0.122. The van der Waals surface area contributed by atoms with E-state index in [4.69, 9.17) is 14.2 Å². The predicted molar refractivity (Wildman–Crippen MR) is 116 cm³/mol. The average molecular weight is 461 g/mol. The van der Waals surface area contributed by atoms with Gasteiger partial charge in [-0.25, -0.2) is 8.42 Å². The van der Waals surface area contributed by atoms with E-state index in [0.29, 0.717) is 48.3 Å². The van der Waals surface area contributed by atoms with Crippen LogP contribution in [0, 0.1) is 0 Å². The first-order valence-electron chi connectivity index (χ1n) is 10.1. The Labute approximate surface area is 185 Å². The van der Waals surface area contributed by atoms with Crippen molar-refractivity contribution in [3.8, 4) is 17.2 Å². The minimum absolute atomic E-state index is 0.0378. The number of carbonyl (C=O) groups excluding carboxylic acids is 2. The van der Waals surface area contributed by atoms with Crippen LogP contribution in [-0.4, -0.2) is 45.6 Å². The van der Waals surface area contributed by atoms with Crippen LogP contribution in [0.1, 0.15) is 20.3 Å². The third-order valence-corrected chi connectivity index (χ3v) is 6.47. The van der Waals surface area contributed by atoms with Crippen molar-refractivity contribution in [3.05, 3.63) is 36.4 Å². The van der Waals surface area contributed by atoms with Gasteiger partial charge in [0.2, 0.25) is 15.9 Å². The molecule has 2 aliphatic rings. The molecular weight excluding hydrogens is 438 g/mol. The molecule has 2 atom stereocenters. The molecule has 0 spiro atoms. The van der Waals surface area contributed by atoms with Crippen molar-refractivity contribution < 1.29 is 32.2 Å². The molecule has 32 heavy (non-hydrogen) atoms. The maximum Gasteiger partial charge on any atom is 0.265 e. The summed E-state index contributed by atoms with van der Waals surface area (Å²) < 4.78 is 44.4. The highest BCUT2D eigenvalue weighted by molar-refractivity contribution is 7.89. The van der Waals surface area contributed by atoms with Crippen LogP contribution >= 0.6 is 0 Å². The summed E-state index contributed by atoms with van der Waals surface area (Å²) in [6.45, 7) is 3.98. The number of anilines is 2. The lowest BCUT2D eigenvalue weighted by Crippen LogP contribution is -2.41. The van der Waals surface area contributed by atoms with E-state index in [2.05, 4.69) is 15.4 Å². The fraction of sp³-hybridized carbons (Fsp3) is 0.333. The second-order valence-corrected chi connectivity index (χ2v) is 9.17. The molecule has 0 aromatic heterocycles. The Morgan fingerprint density at radius 1 is 1.09 bits per heavy atom. The van der Waals surface area contributed by atoms with E-state index in [9.17, 15) is 18.0 Å². The number of nitrogens with one attached hydrogen (secondary N) is 3. The first-order valence-corrected chi connectivity index (χ1v) is 11.6. The lowest BCUT2D eigenvalue weighted by Gasteiger charge is -2.24. The van der Waals surface area contributed by atoms with Crippen LogP contribution in [0.5, 0.6) is 17.2 Å². The van der Waals surface area contributed by atoms with Crippen molar-refractivity contribution in [3.63, 3.8) is 0 Å². The normalized spacial score (nSPS) is 18.4. The Hall–Kier alpha value is -3.31. The molecule has 11 heteroatoms. The molecule has 0 saturated carbocycles. The summed E-state index contributed by atoms with van der Waals surface area (Å²) in [6, 6.07) is 8.00. The number of fused-ring (bicyclic) bond motifs is 2.